The first-order chi connectivity index (χ1) is 14.5. The average Bonchev–Trinajstić information content (AvgIpc) is 3.32. The van der Waals surface area contributed by atoms with Gasteiger partial charge in [0.1, 0.15) is 17.2 Å². The van der Waals surface area contributed by atoms with Crippen molar-refractivity contribution in [1.29, 1.82) is 0 Å². The Morgan fingerprint density at radius 2 is 2.03 bits per heavy atom. The molecule has 3 aromatic heterocycles. The molecule has 0 saturated heterocycles. The molecule has 4 aromatic rings. The largest absolute Gasteiger partial charge is 0.462 e. The fourth-order valence-electron chi connectivity index (χ4n) is 3.09. The third-order valence-electron chi connectivity index (χ3n) is 4.65. The molecule has 0 bridgehead atoms. The van der Waals surface area contributed by atoms with Crippen LogP contribution < -0.4 is 5.32 Å². The lowest BCUT2D eigenvalue weighted by atomic mass is 10.2. The summed E-state index contributed by atoms with van der Waals surface area (Å²) in [6.07, 6.45) is 2.50. The number of likely N-dealkylation sites (N-methyl/N-ethyl adjacent to an activating group) is 1. The van der Waals surface area contributed by atoms with Gasteiger partial charge < -0.3 is 14.6 Å². The third-order valence-corrected chi connectivity index (χ3v) is 6.33. The van der Waals surface area contributed by atoms with E-state index in [4.69, 9.17) is 4.42 Å². The molecule has 0 unspecified atom stereocenters. The molecule has 0 radical (unpaired) electrons. The Morgan fingerprint density at radius 3 is 2.74 bits per heavy atom. The Kier molecular flexibility index (Phi) is 7.83. The van der Waals surface area contributed by atoms with Gasteiger partial charge in [-0.15, -0.1) is 23.7 Å². The molecular formula is C22H20BrClFN3O2S. The van der Waals surface area contributed by atoms with E-state index in [9.17, 15) is 9.18 Å². The van der Waals surface area contributed by atoms with E-state index in [2.05, 4.69) is 49.6 Å². The van der Waals surface area contributed by atoms with Gasteiger partial charge in [0.15, 0.2) is 5.58 Å². The van der Waals surface area contributed by atoms with Crippen LogP contribution in [0, 0.1) is 5.82 Å². The zero-order valence-corrected chi connectivity index (χ0v) is 19.8. The second-order valence-electron chi connectivity index (χ2n) is 6.98. The molecule has 0 atom stereocenters. The molecule has 0 aliphatic carbocycles. The first-order valence-electron chi connectivity index (χ1n) is 9.33. The summed E-state index contributed by atoms with van der Waals surface area (Å²) in [5.74, 6) is -0.296. The minimum absolute atomic E-state index is 0. The Morgan fingerprint density at radius 1 is 1.26 bits per heavy atom. The number of nitrogens with zero attached hydrogens (tertiary/aromatic N) is 2. The summed E-state index contributed by atoms with van der Waals surface area (Å²) in [7, 11) is 2.08. The van der Waals surface area contributed by atoms with Gasteiger partial charge in [0, 0.05) is 38.9 Å². The molecular weight excluding hydrogens is 505 g/mol. The highest BCUT2D eigenvalue weighted by Gasteiger charge is 2.12. The van der Waals surface area contributed by atoms with Crippen molar-refractivity contribution >= 4 is 62.5 Å². The number of anilines is 1. The SMILES string of the molecule is CN(CCc1coc2ccc(NC(=O)c3ccc(F)cc3)nc12)Cc1cc(Br)cs1.Cl. The van der Waals surface area contributed by atoms with Gasteiger partial charge >= 0.3 is 0 Å². The molecule has 1 aromatic carbocycles. The summed E-state index contributed by atoms with van der Waals surface area (Å²) >= 11 is 5.22. The summed E-state index contributed by atoms with van der Waals surface area (Å²) in [5.41, 5.74) is 2.77. The predicted octanol–water partition coefficient (Wildman–Crippen LogP) is 6.14. The molecule has 5 nitrogen and oxygen atoms in total. The monoisotopic (exact) mass is 523 g/mol. The molecule has 4 rings (SSSR count). The maximum Gasteiger partial charge on any atom is 0.256 e. The quantitative estimate of drug-likeness (QED) is 0.315. The lowest BCUT2D eigenvalue weighted by molar-refractivity contribution is 0.102. The number of hydrogen-bond acceptors (Lipinski definition) is 5. The molecule has 3 heterocycles. The second-order valence-corrected chi connectivity index (χ2v) is 8.90. The van der Waals surface area contributed by atoms with E-state index in [0.29, 0.717) is 17.0 Å². The molecule has 0 aliphatic rings. The molecule has 9 heteroatoms. The van der Waals surface area contributed by atoms with Crippen molar-refractivity contribution in [2.24, 2.45) is 0 Å². The molecule has 1 amide bonds. The molecule has 0 saturated carbocycles. The minimum atomic E-state index is -0.384. The van der Waals surface area contributed by atoms with Crippen molar-refractivity contribution in [3.63, 3.8) is 0 Å². The van der Waals surface area contributed by atoms with E-state index in [1.165, 1.54) is 29.1 Å². The second kappa shape index (κ2) is 10.4. The fraction of sp³-hybridized carbons (Fsp3) is 0.182. The van der Waals surface area contributed by atoms with Crippen LogP contribution in [0.2, 0.25) is 0 Å². The van der Waals surface area contributed by atoms with Gasteiger partial charge in [-0.3, -0.25) is 4.79 Å². The number of fused-ring (bicyclic) bond motifs is 1. The Bertz CT molecular complexity index is 1180. The van der Waals surface area contributed by atoms with Gasteiger partial charge in [0.05, 0.1) is 6.26 Å². The predicted molar refractivity (Wildman–Crippen MR) is 128 cm³/mol. The van der Waals surface area contributed by atoms with Gasteiger partial charge in [-0.1, -0.05) is 0 Å². The van der Waals surface area contributed by atoms with Crippen LogP contribution in [0.15, 0.2) is 63.0 Å². The van der Waals surface area contributed by atoms with Crippen molar-refractivity contribution in [3.8, 4) is 0 Å². The van der Waals surface area contributed by atoms with Crippen LogP contribution in [-0.4, -0.2) is 29.4 Å². The molecule has 0 spiro atoms. The number of furan rings is 1. The molecule has 0 fully saturated rings. The van der Waals surface area contributed by atoms with Crippen LogP contribution in [0.5, 0.6) is 0 Å². The Hall–Kier alpha value is -2.26. The molecule has 0 aliphatic heterocycles. The lowest BCUT2D eigenvalue weighted by Gasteiger charge is -2.14. The zero-order valence-electron chi connectivity index (χ0n) is 16.6. The zero-order chi connectivity index (χ0) is 21.1. The van der Waals surface area contributed by atoms with E-state index >= 15 is 0 Å². The lowest BCUT2D eigenvalue weighted by Crippen LogP contribution is -2.20. The minimum Gasteiger partial charge on any atom is -0.462 e. The summed E-state index contributed by atoms with van der Waals surface area (Å²) in [6.45, 7) is 1.72. The molecule has 162 valence electrons. The highest BCUT2D eigenvalue weighted by atomic mass is 79.9. The smallest absolute Gasteiger partial charge is 0.256 e. The van der Waals surface area contributed by atoms with Crippen molar-refractivity contribution in [1.82, 2.24) is 9.88 Å². The highest BCUT2D eigenvalue weighted by Crippen LogP contribution is 2.24. The van der Waals surface area contributed by atoms with Gasteiger partial charge in [0.2, 0.25) is 0 Å². The summed E-state index contributed by atoms with van der Waals surface area (Å²) in [6, 6.07) is 11.0. The summed E-state index contributed by atoms with van der Waals surface area (Å²) in [5, 5.41) is 4.84. The Labute approximate surface area is 197 Å². The van der Waals surface area contributed by atoms with E-state index in [1.54, 1.807) is 29.7 Å². The number of rotatable bonds is 7. The molecule has 1 N–H and O–H groups in total. The van der Waals surface area contributed by atoms with Crippen molar-refractivity contribution in [3.05, 3.63) is 80.4 Å². The van der Waals surface area contributed by atoms with E-state index < -0.39 is 0 Å². The number of carbonyl (C=O) groups excluding carboxylic acids is 1. The maximum atomic E-state index is 13.1. The molecule has 31 heavy (non-hydrogen) atoms. The van der Waals surface area contributed by atoms with Crippen LogP contribution in [-0.2, 0) is 13.0 Å². The third kappa shape index (κ3) is 5.92. The van der Waals surface area contributed by atoms with Crippen molar-refractivity contribution < 1.29 is 13.6 Å². The fourth-order valence-corrected chi connectivity index (χ4v) is 4.62. The van der Waals surface area contributed by atoms with Crippen molar-refractivity contribution in [2.75, 3.05) is 18.9 Å². The van der Waals surface area contributed by atoms with Crippen LogP contribution in [0.3, 0.4) is 0 Å². The van der Waals surface area contributed by atoms with Crippen LogP contribution >= 0.6 is 39.7 Å². The van der Waals surface area contributed by atoms with Crippen LogP contribution in [0.25, 0.3) is 11.1 Å². The number of aromatic nitrogens is 1. The van der Waals surface area contributed by atoms with E-state index in [0.717, 1.165) is 35.1 Å². The van der Waals surface area contributed by atoms with Crippen molar-refractivity contribution in [2.45, 2.75) is 13.0 Å². The van der Waals surface area contributed by atoms with Crippen LogP contribution in [0.4, 0.5) is 10.2 Å². The van der Waals surface area contributed by atoms with E-state index in [1.807, 2.05) is 0 Å². The maximum absolute atomic E-state index is 13.1. The van der Waals surface area contributed by atoms with Gasteiger partial charge in [-0.25, -0.2) is 9.37 Å². The average molecular weight is 525 g/mol. The number of carbonyl (C=O) groups is 1. The highest BCUT2D eigenvalue weighted by molar-refractivity contribution is 9.10. The number of amides is 1. The van der Waals surface area contributed by atoms with Crippen LogP contribution in [0.1, 0.15) is 20.8 Å². The van der Waals surface area contributed by atoms with Gasteiger partial charge in [-0.2, -0.15) is 0 Å². The van der Waals surface area contributed by atoms with Gasteiger partial charge in [0.25, 0.3) is 5.91 Å². The first kappa shape index (κ1) is 23.4. The normalized spacial score (nSPS) is 11.0. The number of nitrogens with one attached hydrogen (secondary N) is 1. The Balaban J connectivity index is 0.00000272. The summed E-state index contributed by atoms with van der Waals surface area (Å²) < 4.78 is 19.8. The number of benzene rings is 1. The standard InChI is InChI=1S/C22H19BrFN3O2S.ClH/c1-27(11-18-10-16(23)13-30-18)9-8-15-12-29-19-6-7-20(25-21(15)19)26-22(28)14-2-4-17(24)5-3-14;/h2-7,10,12-13H,8-9,11H2,1H3,(H,25,26,28);1H. The van der Waals surface area contributed by atoms with Gasteiger partial charge in [-0.05, 0) is 71.9 Å². The van der Waals surface area contributed by atoms with E-state index in [-0.39, 0.29) is 24.1 Å². The number of thiophene rings is 1. The summed E-state index contributed by atoms with van der Waals surface area (Å²) in [4.78, 5) is 20.5. The first-order valence-corrected chi connectivity index (χ1v) is 11.0. The number of pyridine rings is 1. The number of hydrogen-bond donors (Lipinski definition) is 1. The topological polar surface area (TPSA) is 58.4 Å². The number of halogens is 3.